The molecule has 16 heavy (non-hydrogen) atoms. The molecular weight excluding hydrogens is 438 g/mol. The maximum atomic E-state index is 9.98. The van der Waals surface area contributed by atoms with Crippen molar-refractivity contribution in [2.24, 2.45) is 0 Å². The van der Waals surface area contributed by atoms with Crippen LogP contribution >= 0.6 is 0 Å². The van der Waals surface area contributed by atoms with Gasteiger partial charge in [-0.05, 0) is 26.0 Å². The van der Waals surface area contributed by atoms with Gasteiger partial charge in [0.2, 0.25) is 0 Å². The van der Waals surface area contributed by atoms with Crippen LogP contribution in [-0.4, -0.2) is 17.0 Å². The van der Waals surface area contributed by atoms with Crippen molar-refractivity contribution in [2.45, 2.75) is 27.7 Å². The molecule has 0 aromatic carbocycles. The number of carbonyl (C=O) groups excluding carboxylic acids is 2. The first-order valence-corrected chi connectivity index (χ1v) is 3.97. The average Bonchev–Trinajstić information content (AvgIpc) is 1.79. The molecule has 0 aromatic rings. The fourth-order valence-corrected chi connectivity index (χ4v) is 0.572. The van der Waals surface area contributed by atoms with Crippen LogP contribution in [0.3, 0.4) is 0 Å². The van der Waals surface area contributed by atoms with Crippen molar-refractivity contribution >= 4 is 11.6 Å². The van der Waals surface area contributed by atoms with Crippen LogP contribution in [0.15, 0.2) is 23.7 Å². The number of ketones is 2. The fourth-order valence-electron chi connectivity index (χ4n) is 0.572. The molecule has 2 N–H and O–H groups in total. The van der Waals surface area contributed by atoms with Gasteiger partial charge in [0.15, 0.2) is 11.6 Å². The minimum Gasteiger partial charge on any atom is -0.876 e. The van der Waals surface area contributed by atoms with E-state index in [1.807, 2.05) is 0 Å². The van der Waals surface area contributed by atoms with Gasteiger partial charge in [-0.3, -0.25) is 9.59 Å². The zero-order chi connectivity index (χ0) is 11.7. The normalized spacial score (nSPS) is 10.0. The molecule has 6 heteroatoms. The second kappa shape index (κ2) is 14.4. The van der Waals surface area contributed by atoms with Crippen LogP contribution in [0.25, 0.3) is 0 Å². The molecule has 0 atom stereocenters. The molecule has 0 aliphatic rings. The zero-order valence-corrected chi connectivity index (χ0v) is 14.0. The Morgan fingerprint density at radius 3 is 1.00 bits per heavy atom. The van der Waals surface area contributed by atoms with E-state index in [0.717, 1.165) is 12.2 Å². The van der Waals surface area contributed by atoms with Crippen LogP contribution in [0.4, 0.5) is 0 Å². The van der Waals surface area contributed by atoms with Gasteiger partial charge in [-0.15, -0.1) is 11.5 Å². The monoisotopic (exact) mass is 454 g/mol. The molecule has 0 heterocycles. The molecule has 0 bridgehead atoms. The summed E-state index contributed by atoms with van der Waals surface area (Å²) in [7, 11) is 0. The van der Waals surface area contributed by atoms with E-state index in [4.69, 9.17) is 0 Å². The van der Waals surface area contributed by atoms with Gasteiger partial charge < -0.3 is 15.7 Å². The average molecular weight is 454 g/mol. The van der Waals surface area contributed by atoms with E-state index in [1.54, 1.807) is 0 Å². The van der Waals surface area contributed by atoms with Gasteiger partial charge in [-0.1, -0.05) is 13.8 Å². The molecular formula is C10H16O5U. The summed E-state index contributed by atoms with van der Waals surface area (Å²) in [5, 5.41) is 20.0. The van der Waals surface area contributed by atoms with Crippen LogP contribution in [0, 0.1) is 31.1 Å². The van der Waals surface area contributed by atoms with Gasteiger partial charge in [-0.2, -0.15) is 0 Å². The van der Waals surface area contributed by atoms with Crippen molar-refractivity contribution in [3.8, 4) is 0 Å². The molecule has 0 aliphatic carbocycles. The Labute approximate surface area is 119 Å². The minimum atomic E-state index is -0.187. The quantitative estimate of drug-likeness (QED) is 0.388. The van der Waals surface area contributed by atoms with Crippen LogP contribution in [-0.2, 0) is 9.59 Å². The molecule has 0 amide bonds. The topological polar surface area (TPSA) is 112 Å². The minimum absolute atomic E-state index is 0. The summed E-state index contributed by atoms with van der Waals surface area (Å²) < 4.78 is 0. The van der Waals surface area contributed by atoms with Gasteiger partial charge in [0.1, 0.15) is 0 Å². The largest absolute Gasteiger partial charge is 2.00 e. The molecule has 0 saturated heterocycles. The SMILES string of the molecule is CC(=O)C=C(C)[O-].CC(=O)C=C(C)[O-].O.[U+2]. The first kappa shape index (κ1) is 24.6. The maximum Gasteiger partial charge on any atom is 2.00 e. The van der Waals surface area contributed by atoms with E-state index in [1.165, 1.54) is 27.7 Å². The Kier molecular flexibility index (Phi) is 22.2. The molecule has 0 rings (SSSR count). The molecule has 0 unspecified atom stereocenters. The van der Waals surface area contributed by atoms with Crippen molar-refractivity contribution in [3.63, 3.8) is 0 Å². The summed E-state index contributed by atoms with van der Waals surface area (Å²) in [6, 6.07) is 0. The molecule has 90 valence electrons. The maximum absolute atomic E-state index is 9.98. The molecule has 0 spiro atoms. The third kappa shape index (κ3) is 37.6. The van der Waals surface area contributed by atoms with Gasteiger partial charge >= 0.3 is 31.1 Å². The number of allylic oxidation sites excluding steroid dienone is 4. The molecule has 5 nitrogen and oxygen atoms in total. The Morgan fingerprint density at radius 1 is 0.812 bits per heavy atom. The van der Waals surface area contributed by atoms with Gasteiger partial charge in [0, 0.05) is 0 Å². The molecule has 0 fully saturated rings. The smallest absolute Gasteiger partial charge is 0.876 e. The first-order chi connectivity index (χ1) is 6.25. The Balaban J connectivity index is -0.0000000800. The van der Waals surface area contributed by atoms with E-state index in [9.17, 15) is 19.8 Å². The van der Waals surface area contributed by atoms with Crippen LogP contribution in [0.1, 0.15) is 27.7 Å². The summed E-state index contributed by atoms with van der Waals surface area (Å²) in [6.45, 7) is 5.39. The van der Waals surface area contributed by atoms with Gasteiger partial charge in [-0.25, -0.2) is 0 Å². The van der Waals surface area contributed by atoms with Crippen molar-refractivity contribution in [3.05, 3.63) is 23.7 Å². The molecule has 0 aromatic heterocycles. The summed E-state index contributed by atoms with van der Waals surface area (Å²) in [4.78, 5) is 20.0. The van der Waals surface area contributed by atoms with Crippen molar-refractivity contribution in [1.82, 2.24) is 0 Å². The summed E-state index contributed by atoms with van der Waals surface area (Å²) in [5.74, 6) is -0.750. The Bertz CT molecular complexity index is 232. The predicted molar refractivity (Wildman–Crippen MR) is 52.5 cm³/mol. The van der Waals surface area contributed by atoms with Crippen molar-refractivity contribution < 1.29 is 56.4 Å². The molecule has 0 aliphatic heterocycles. The van der Waals surface area contributed by atoms with E-state index in [-0.39, 0.29) is 59.7 Å². The summed E-state index contributed by atoms with van der Waals surface area (Å²) in [5.41, 5.74) is 0. The zero-order valence-electron chi connectivity index (χ0n) is 9.79. The standard InChI is InChI=1S/2C5H8O2.H2O.U/c2*1-4(6)3-5(2)7;;/h2*3,6H,1-2H3;1H2;/q;;;+2/p-2. The number of carbonyl (C=O) groups is 2. The van der Waals surface area contributed by atoms with Crippen LogP contribution in [0.2, 0.25) is 0 Å². The third-order valence-electron chi connectivity index (χ3n) is 0.813. The Hall–Kier alpha value is -0.568. The number of hydrogen-bond donors (Lipinski definition) is 0. The molecule has 0 radical (unpaired) electrons. The fraction of sp³-hybridized carbons (Fsp3) is 0.400. The van der Waals surface area contributed by atoms with E-state index >= 15 is 0 Å². The van der Waals surface area contributed by atoms with E-state index < -0.39 is 0 Å². The summed E-state index contributed by atoms with van der Waals surface area (Å²) >= 11 is 0. The van der Waals surface area contributed by atoms with E-state index in [0.29, 0.717) is 0 Å². The van der Waals surface area contributed by atoms with Crippen molar-refractivity contribution in [1.29, 1.82) is 0 Å². The van der Waals surface area contributed by atoms with Gasteiger partial charge in [0.05, 0.1) is 0 Å². The predicted octanol–water partition coefficient (Wildman–Crippen LogP) is -1.15. The summed E-state index contributed by atoms with van der Waals surface area (Å²) in [6.07, 6.45) is 2.11. The third-order valence-corrected chi connectivity index (χ3v) is 0.813. The Morgan fingerprint density at radius 2 is 1.00 bits per heavy atom. The first-order valence-electron chi connectivity index (χ1n) is 3.97. The van der Waals surface area contributed by atoms with Crippen LogP contribution < -0.4 is 10.2 Å². The van der Waals surface area contributed by atoms with Crippen LogP contribution in [0.5, 0.6) is 0 Å². The second-order valence-electron chi connectivity index (χ2n) is 2.73. The van der Waals surface area contributed by atoms with Gasteiger partial charge in [0.25, 0.3) is 0 Å². The van der Waals surface area contributed by atoms with Crippen molar-refractivity contribution in [2.75, 3.05) is 0 Å². The second-order valence-corrected chi connectivity index (χ2v) is 2.73. The number of hydrogen-bond acceptors (Lipinski definition) is 4. The van der Waals surface area contributed by atoms with E-state index in [2.05, 4.69) is 0 Å². The number of rotatable bonds is 2. The molecule has 0 saturated carbocycles.